The maximum absolute atomic E-state index is 12.5. The van der Waals surface area contributed by atoms with Crippen LogP contribution < -0.4 is 0 Å². The van der Waals surface area contributed by atoms with Crippen LogP contribution in [-0.4, -0.2) is 15.3 Å². The summed E-state index contributed by atoms with van der Waals surface area (Å²) in [6, 6.07) is 7.82. The van der Waals surface area contributed by atoms with Gasteiger partial charge in [0.05, 0.1) is 17.3 Å². The van der Waals surface area contributed by atoms with Crippen LogP contribution in [0.4, 0.5) is 0 Å². The number of fused-ring (bicyclic) bond motifs is 1. The Morgan fingerprint density at radius 2 is 2.10 bits per heavy atom. The summed E-state index contributed by atoms with van der Waals surface area (Å²) in [7, 11) is 0. The van der Waals surface area contributed by atoms with Crippen molar-refractivity contribution in [2.75, 3.05) is 0 Å². The first-order chi connectivity index (χ1) is 9.91. The number of rotatable bonds is 1. The van der Waals surface area contributed by atoms with Crippen molar-refractivity contribution in [2.24, 2.45) is 5.41 Å². The number of carbonyl (C=O) groups is 1. The lowest BCUT2D eigenvalue weighted by Crippen LogP contribution is -2.28. The molecule has 0 N–H and O–H groups in total. The van der Waals surface area contributed by atoms with Crippen molar-refractivity contribution in [3.05, 3.63) is 47.0 Å². The Hall–Kier alpha value is -2.41. The lowest BCUT2D eigenvalue weighted by molar-refractivity contribution is 0.0904. The highest BCUT2D eigenvalue weighted by Gasteiger charge is 2.34. The van der Waals surface area contributed by atoms with E-state index >= 15 is 0 Å². The number of Topliss-reactive ketones (excluding diaryl/α,β-unsaturated/α-hetero) is 1. The molecule has 0 saturated carbocycles. The van der Waals surface area contributed by atoms with Crippen LogP contribution >= 0.6 is 0 Å². The summed E-state index contributed by atoms with van der Waals surface area (Å²) in [4.78, 5) is 16.9. The lowest BCUT2D eigenvalue weighted by Gasteiger charge is -2.28. The summed E-state index contributed by atoms with van der Waals surface area (Å²) in [5.41, 5.74) is 3.87. The summed E-state index contributed by atoms with van der Waals surface area (Å²) in [6.45, 7) is 6.08. The van der Waals surface area contributed by atoms with Gasteiger partial charge in [-0.1, -0.05) is 19.9 Å². The number of nitrogens with zero attached hydrogens (tertiary/aromatic N) is 3. The summed E-state index contributed by atoms with van der Waals surface area (Å²) >= 11 is 0. The second-order valence-corrected chi connectivity index (χ2v) is 6.46. The second kappa shape index (κ2) is 4.56. The van der Waals surface area contributed by atoms with Gasteiger partial charge in [-0.05, 0) is 36.5 Å². The second-order valence-electron chi connectivity index (χ2n) is 6.46. The first kappa shape index (κ1) is 13.6. The van der Waals surface area contributed by atoms with Gasteiger partial charge in [-0.3, -0.25) is 9.36 Å². The number of hydrogen-bond donors (Lipinski definition) is 0. The molecule has 106 valence electrons. The monoisotopic (exact) mass is 279 g/mol. The van der Waals surface area contributed by atoms with Gasteiger partial charge in [0.15, 0.2) is 5.78 Å². The zero-order chi connectivity index (χ0) is 15.2. The molecular weight excluding hydrogens is 262 g/mol. The number of ketones is 1. The fourth-order valence-electron chi connectivity index (χ4n) is 2.92. The minimum atomic E-state index is -0.0334. The van der Waals surface area contributed by atoms with Crippen molar-refractivity contribution in [2.45, 2.75) is 33.6 Å². The minimum absolute atomic E-state index is 0.0334. The van der Waals surface area contributed by atoms with Gasteiger partial charge in [0.1, 0.15) is 12.0 Å². The summed E-state index contributed by atoms with van der Waals surface area (Å²) in [5, 5.41) is 9.16. The van der Waals surface area contributed by atoms with Crippen LogP contribution in [0.5, 0.6) is 0 Å². The van der Waals surface area contributed by atoms with Crippen molar-refractivity contribution >= 4 is 5.78 Å². The van der Waals surface area contributed by atoms with Gasteiger partial charge in [0.2, 0.25) is 0 Å². The van der Waals surface area contributed by atoms with Crippen LogP contribution in [0.15, 0.2) is 24.5 Å². The minimum Gasteiger partial charge on any atom is -0.296 e. The lowest BCUT2D eigenvalue weighted by atomic mass is 9.77. The fourth-order valence-corrected chi connectivity index (χ4v) is 2.92. The zero-order valence-electron chi connectivity index (χ0n) is 12.5. The highest BCUT2D eigenvalue weighted by molar-refractivity contribution is 5.97. The number of benzene rings is 1. The van der Waals surface area contributed by atoms with Crippen molar-refractivity contribution in [3.63, 3.8) is 0 Å². The van der Waals surface area contributed by atoms with Crippen molar-refractivity contribution < 1.29 is 4.79 Å². The first-order valence-electron chi connectivity index (χ1n) is 7.02. The number of hydrogen-bond acceptors (Lipinski definition) is 3. The molecule has 3 rings (SSSR count). The molecule has 0 radical (unpaired) electrons. The normalized spacial score (nSPS) is 16.4. The predicted octanol–water partition coefficient (Wildman–Crippen LogP) is 3.21. The summed E-state index contributed by atoms with van der Waals surface area (Å²) < 4.78 is 1.81. The van der Waals surface area contributed by atoms with E-state index in [-0.39, 0.29) is 11.2 Å². The van der Waals surface area contributed by atoms with E-state index in [0.29, 0.717) is 17.7 Å². The molecule has 1 aliphatic rings. The van der Waals surface area contributed by atoms with E-state index < -0.39 is 0 Å². The third-order valence-electron chi connectivity index (χ3n) is 4.01. The maximum atomic E-state index is 12.5. The Kier molecular flexibility index (Phi) is 2.94. The van der Waals surface area contributed by atoms with Crippen LogP contribution in [-0.2, 0) is 6.42 Å². The molecule has 0 unspecified atom stereocenters. The molecule has 0 atom stereocenters. The Morgan fingerprint density at radius 1 is 1.33 bits per heavy atom. The predicted molar refractivity (Wildman–Crippen MR) is 79.4 cm³/mol. The quantitative estimate of drug-likeness (QED) is 0.805. The van der Waals surface area contributed by atoms with E-state index in [4.69, 9.17) is 5.26 Å². The molecule has 0 aliphatic heterocycles. The first-order valence-corrected chi connectivity index (χ1v) is 7.02. The van der Waals surface area contributed by atoms with Gasteiger partial charge in [-0.15, -0.1) is 0 Å². The van der Waals surface area contributed by atoms with E-state index in [9.17, 15) is 4.79 Å². The summed E-state index contributed by atoms with van der Waals surface area (Å²) in [5.74, 6) is 0.123. The van der Waals surface area contributed by atoms with Crippen molar-refractivity contribution in [1.29, 1.82) is 5.26 Å². The van der Waals surface area contributed by atoms with Crippen LogP contribution in [0, 0.1) is 23.7 Å². The molecule has 21 heavy (non-hydrogen) atoms. The molecule has 1 heterocycles. The van der Waals surface area contributed by atoms with Crippen LogP contribution in [0.3, 0.4) is 0 Å². The molecule has 0 bridgehead atoms. The van der Waals surface area contributed by atoms with Crippen molar-refractivity contribution in [3.8, 4) is 11.8 Å². The van der Waals surface area contributed by atoms with Gasteiger partial charge in [0.25, 0.3) is 0 Å². The SMILES string of the molecule is Cc1ccc(-n2cnc3c2C(=O)CC(C)(C)C3)cc1C#N. The third kappa shape index (κ3) is 2.25. The number of nitriles is 1. The topological polar surface area (TPSA) is 58.7 Å². The molecule has 4 nitrogen and oxygen atoms in total. The van der Waals surface area contributed by atoms with E-state index in [2.05, 4.69) is 24.9 Å². The molecule has 0 saturated heterocycles. The van der Waals surface area contributed by atoms with Gasteiger partial charge in [-0.25, -0.2) is 4.98 Å². The fraction of sp³-hybridized carbons (Fsp3) is 0.353. The molecule has 0 spiro atoms. The Morgan fingerprint density at radius 3 is 2.81 bits per heavy atom. The number of carbonyl (C=O) groups excluding carboxylic acids is 1. The molecule has 1 aromatic carbocycles. The van der Waals surface area contributed by atoms with E-state index in [1.54, 1.807) is 6.33 Å². The van der Waals surface area contributed by atoms with E-state index in [1.807, 2.05) is 29.7 Å². The van der Waals surface area contributed by atoms with Crippen molar-refractivity contribution in [1.82, 2.24) is 9.55 Å². The smallest absolute Gasteiger partial charge is 0.182 e. The molecule has 2 aromatic rings. The van der Waals surface area contributed by atoms with Gasteiger partial charge in [0, 0.05) is 12.1 Å². The maximum Gasteiger partial charge on any atom is 0.182 e. The zero-order valence-corrected chi connectivity index (χ0v) is 12.5. The van der Waals surface area contributed by atoms with E-state index in [0.717, 1.165) is 23.4 Å². The number of aryl methyl sites for hydroxylation is 1. The Bertz CT molecular complexity index is 778. The number of imidazole rings is 1. The average molecular weight is 279 g/mol. The Labute approximate surface area is 124 Å². The van der Waals surface area contributed by atoms with Gasteiger partial charge in [-0.2, -0.15) is 5.26 Å². The molecule has 1 aromatic heterocycles. The molecular formula is C17H17N3O. The van der Waals surface area contributed by atoms with Crippen LogP contribution in [0.25, 0.3) is 5.69 Å². The van der Waals surface area contributed by atoms with Crippen LogP contribution in [0.1, 0.15) is 47.6 Å². The van der Waals surface area contributed by atoms with Gasteiger partial charge < -0.3 is 0 Å². The van der Waals surface area contributed by atoms with Crippen LogP contribution in [0.2, 0.25) is 0 Å². The number of aromatic nitrogens is 2. The largest absolute Gasteiger partial charge is 0.296 e. The average Bonchev–Trinajstić information content (AvgIpc) is 2.81. The highest BCUT2D eigenvalue weighted by Crippen LogP contribution is 2.35. The Balaban J connectivity index is 2.13. The molecule has 1 aliphatic carbocycles. The molecule has 0 amide bonds. The van der Waals surface area contributed by atoms with E-state index in [1.165, 1.54) is 0 Å². The molecule has 0 fully saturated rings. The summed E-state index contributed by atoms with van der Waals surface area (Å²) in [6.07, 6.45) is 3.02. The van der Waals surface area contributed by atoms with Gasteiger partial charge >= 0.3 is 0 Å². The highest BCUT2D eigenvalue weighted by atomic mass is 16.1. The molecule has 4 heteroatoms. The standard InChI is InChI=1S/C17H17N3O/c1-11-4-5-13(6-12(11)9-18)20-10-19-14-7-17(2,3)8-15(21)16(14)20/h4-6,10H,7-8H2,1-3H3. The third-order valence-corrected chi connectivity index (χ3v) is 4.01.